The van der Waals surface area contributed by atoms with E-state index in [-0.39, 0.29) is 22.6 Å². The zero-order valence-corrected chi connectivity index (χ0v) is 17.7. The molecule has 2 aromatic carbocycles. The summed E-state index contributed by atoms with van der Waals surface area (Å²) in [5.41, 5.74) is 1.27. The van der Waals surface area contributed by atoms with Gasteiger partial charge in [0.05, 0.1) is 13.2 Å². The monoisotopic (exact) mass is 416 g/mol. The molecule has 1 fully saturated rings. The molecule has 1 saturated heterocycles. The average molecular weight is 417 g/mol. The van der Waals surface area contributed by atoms with Gasteiger partial charge in [0.25, 0.3) is 5.91 Å². The maximum atomic E-state index is 13.3. The Kier molecular flexibility index (Phi) is 6.92. The Morgan fingerprint density at radius 3 is 2.31 bits per heavy atom. The van der Waals surface area contributed by atoms with Gasteiger partial charge in [0, 0.05) is 18.7 Å². The van der Waals surface area contributed by atoms with Crippen LogP contribution in [-0.4, -0.2) is 38.8 Å². The number of rotatable bonds is 6. The first kappa shape index (κ1) is 21.3. The Morgan fingerprint density at radius 2 is 1.69 bits per heavy atom. The molecule has 156 valence electrons. The van der Waals surface area contributed by atoms with E-state index in [9.17, 15) is 13.2 Å². The van der Waals surface area contributed by atoms with Crippen molar-refractivity contribution in [2.24, 2.45) is 0 Å². The second kappa shape index (κ2) is 9.41. The molecule has 0 spiro atoms. The molecule has 1 aliphatic rings. The number of amides is 1. The van der Waals surface area contributed by atoms with E-state index in [4.69, 9.17) is 4.74 Å². The van der Waals surface area contributed by atoms with Crippen LogP contribution >= 0.6 is 0 Å². The maximum Gasteiger partial charge on any atom is 0.251 e. The van der Waals surface area contributed by atoms with Gasteiger partial charge in [-0.3, -0.25) is 4.79 Å². The van der Waals surface area contributed by atoms with Gasteiger partial charge in [-0.05, 0) is 43.5 Å². The molecular weight excluding hydrogens is 388 g/mol. The van der Waals surface area contributed by atoms with E-state index in [1.807, 2.05) is 37.3 Å². The number of hydrogen-bond donors (Lipinski definition) is 1. The fourth-order valence-corrected chi connectivity index (χ4v) is 5.24. The van der Waals surface area contributed by atoms with Crippen molar-refractivity contribution in [3.63, 3.8) is 0 Å². The number of sulfonamides is 1. The third-order valence-corrected chi connectivity index (χ3v) is 7.18. The van der Waals surface area contributed by atoms with Crippen LogP contribution in [0.15, 0.2) is 53.4 Å². The molecular formula is C22H28N2O4S. The standard InChI is InChI=1S/C22H28N2O4S/c1-17(18-10-6-5-7-11-18)23-22(25)19-12-13-20(28-2)21(16-19)29(26,27)24-14-8-3-4-9-15-24/h5-7,10-13,16-17H,3-4,8-9,14-15H2,1-2H3,(H,23,25)/t17-/m1/s1. The van der Waals surface area contributed by atoms with Gasteiger partial charge in [0.1, 0.15) is 10.6 Å². The summed E-state index contributed by atoms with van der Waals surface area (Å²) in [7, 11) is -2.30. The molecule has 0 radical (unpaired) electrons. The van der Waals surface area contributed by atoms with Crippen molar-refractivity contribution in [3.05, 3.63) is 59.7 Å². The molecule has 1 heterocycles. The number of nitrogens with zero attached hydrogens (tertiary/aromatic N) is 1. The Morgan fingerprint density at radius 1 is 1.03 bits per heavy atom. The minimum atomic E-state index is -3.74. The quantitative estimate of drug-likeness (QED) is 0.778. The first-order chi connectivity index (χ1) is 13.9. The minimum absolute atomic E-state index is 0.0434. The average Bonchev–Trinajstić information content (AvgIpc) is 3.04. The van der Waals surface area contributed by atoms with Gasteiger partial charge in [0.15, 0.2) is 0 Å². The topological polar surface area (TPSA) is 75.7 Å². The molecule has 0 aliphatic carbocycles. The van der Waals surface area contributed by atoms with Crippen LogP contribution in [0.3, 0.4) is 0 Å². The molecule has 2 aromatic rings. The number of methoxy groups -OCH3 is 1. The molecule has 7 heteroatoms. The highest BCUT2D eigenvalue weighted by Crippen LogP contribution is 2.29. The van der Waals surface area contributed by atoms with E-state index < -0.39 is 10.0 Å². The molecule has 29 heavy (non-hydrogen) atoms. The highest BCUT2D eigenvalue weighted by atomic mass is 32.2. The van der Waals surface area contributed by atoms with E-state index in [2.05, 4.69) is 5.32 Å². The van der Waals surface area contributed by atoms with Crippen molar-refractivity contribution < 1.29 is 17.9 Å². The lowest BCUT2D eigenvalue weighted by atomic mass is 10.1. The highest BCUT2D eigenvalue weighted by Gasteiger charge is 2.29. The molecule has 3 rings (SSSR count). The smallest absolute Gasteiger partial charge is 0.251 e. The summed E-state index contributed by atoms with van der Waals surface area (Å²) in [4.78, 5) is 12.8. The Labute approximate surface area is 172 Å². The molecule has 6 nitrogen and oxygen atoms in total. The second-order valence-corrected chi connectivity index (χ2v) is 9.20. The minimum Gasteiger partial charge on any atom is -0.495 e. The van der Waals surface area contributed by atoms with Crippen molar-refractivity contribution in [1.29, 1.82) is 0 Å². The maximum absolute atomic E-state index is 13.3. The summed E-state index contributed by atoms with van der Waals surface area (Å²) in [6.07, 6.45) is 3.75. The second-order valence-electron chi connectivity index (χ2n) is 7.29. The van der Waals surface area contributed by atoms with Crippen LogP contribution < -0.4 is 10.1 Å². The first-order valence-electron chi connectivity index (χ1n) is 9.97. The van der Waals surface area contributed by atoms with Crippen LogP contribution in [0.25, 0.3) is 0 Å². The van der Waals surface area contributed by atoms with Gasteiger partial charge in [-0.2, -0.15) is 4.31 Å². The molecule has 0 unspecified atom stereocenters. The molecule has 1 N–H and O–H groups in total. The molecule has 0 aromatic heterocycles. The molecule has 0 bridgehead atoms. The lowest BCUT2D eigenvalue weighted by molar-refractivity contribution is 0.0939. The van der Waals surface area contributed by atoms with Crippen molar-refractivity contribution in [2.45, 2.75) is 43.5 Å². The SMILES string of the molecule is COc1ccc(C(=O)N[C@H](C)c2ccccc2)cc1S(=O)(=O)N1CCCCCC1. The van der Waals surface area contributed by atoms with Crippen molar-refractivity contribution >= 4 is 15.9 Å². The van der Waals surface area contributed by atoms with Crippen molar-refractivity contribution in [1.82, 2.24) is 9.62 Å². The zero-order valence-electron chi connectivity index (χ0n) is 16.9. The third kappa shape index (κ3) is 4.97. The Balaban J connectivity index is 1.87. The largest absolute Gasteiger partial charge is 0.495 e. The number of hydrogen-bond acceptors (Lipinski definition) is 4. The van der Waals surface area contributed by atoms with Crippen molar-refractivity contribution in [3.8, 4) is 5.75 Å². The zero-order chi connectivity index (χ0) is 20.9. The Hall–Kier alpha value is -2.38. The van der Waals surface area contributed by atoms with Crippen LogP contribution in [0.5, 0.6) is 5.75 Å². The summed E-state index contributed by atoms with van der Waals surface area (Å²) in [6, 6.07) is 14.0. The summed E-state index contributed by atoms with van der Waals surface area (Å²) in [6.45, 7) is 2.88. The number of nitrogens with one attached hydrogen (secondary N) is 1. The highest BCUT2D eigenvalue weighted by molar-refractivity contribution is 7.89. The van der Waals surface area contributed by atoms with Crippen LogP contribution in [-0.2, 0) is 10.0 Å². The molecule has 1 atom stereocenters. The van der Waals surface area contributed by atoms with Crippen molar-refractivity contribution in [2.75, 3.05) is 20.2 Å². The van der Waals surface area contributed by atoms with Crippen LogP contribution in [0.2, 0.25) is 0 Å². The first-order valence-corrected chi connectivity index (χ1v) is 11.4. The molecule has 1 aliphatic heterocycles. The lowest BCUT2D eigenvalue weighted by Crippen LogP contribution is -2.32. The van der Waals surface area contributed by atoms with Gasteiger partial charge in [-0.25, -0.2) is 8.42 Å². The Bertz CT molecular complexity index is 937. The van der Waals surface area contributed by atoms with Crippen LogP contribution in [0, 0.1) is 0 Å². The normalized spacial score (nSPS) is 16.6. The predicted molar refractivity (Wildman–Crippen MR) is 113 cm³/mol. The van der Waals surface area contributed by atoms with Gasteiger partial charge < -0.3 is 10.1 Å². The van der Waals surface area contributed by atoms with E-state index in [1.165, 1.54) is 17.5 Å². The molecule has 1 amide bonds. The van der Waals surface area contributed by atoms with Gasteiger partial charge in [-0.15, -0.1) is 0 Å². The number of benzene rings is 2. The number of ether oxygens (including phenoxy) is 1. The van der Waals surface area contributed by atoms with Crippen LogP contribution in [0.1, 0.15) is 54.6 Å². The van der Waals surface area contributed by atoms with Gasteiger partial charge >= 0.3 is 0 Å². The van der Waals surface area contributed by atoms with E-state index in [0.717, 1.165) is 31.2 Å². The van der Waals surface area contributed by atoms with Gasteiger partial charge in [-0.1, -0.05) is 43.2 Å². The van der Waals surface area contributed by atoms with Gasteiger partial charge in [0.2, 0.25) is 10.0 Å². The summed E-state index contributed by atoms with van der Waals surface area (Å²) >= 11 is 0. The summed E-state index contributed by atoms with van der Waals surface area (Å²) in [5, 5.41) is 2.93. The number of carbonyl (C=O) groups is 1. The number of carbonyl (C=O) groups excluding carboxylic acids is 1. The van der Waals surface area contributed by atoms with E-state index in [1.54, 1.807) is 12.1 Å². The predicted octanol–water partition coefficient (Wildman–Crippen LogP) is 3.75. The summed E-state index contributed by atoms with van der Waals surface area (Å²) < 4.78 is 33.3. The van der Waals surface area contributed by atoms with E-state index in [0.29, 0.717) is 18.7 Å². The fraction of sp³-hybridized carbons (Fsp3) is 0.409. The van der Waals surface area contributed by atoms with E-state index >= 15 is 0 Å². The fourth-order valence-electron chi connectivity index (χ4n) is 3.55. The van der Waals surface area contributed by atoms with Crippen LogP contribution in [0.4, 0.5) is 0 Å². The summed E-state index contributed by atoms with van der Waals surface area (Å²) in [5.74, 6) is -0.0711. The third-order valence-electron chi connectivity index (χ3n) is 5.26. The lowest BCUT2D eigenvalue weighted by Gasteiger charge is -2.22. The molecule has 0 saturated carbocycles.